The van der Waals surface area contributed by atoms with Gasteiger partial charge in [0, 0.05) is 6.08 Å². The Morgan fingerprint density at radius 2 is 2.04 bits per heavy atom. The lowest BCUT2D eigenvalue weighted by molar-refractivity contribution is -0.111. The van der Waals surface area contributed by atoms with E-state index < -0.39 is 5.91 Å². The maximum absolute atomic E-state index is 12.5. The summed E-state index contributed by atoms with van der Waals surface area (Å²) in [5.74, 6) is -0.438. The monoisotopic (exact) mass is 330 g/mol. The highest BCUT2D eigenvalue weighted by Crippen LogP contribution is 2.15. The van der Waals surface area contributed by atoms with Gasteiger partial charge in [-0.05, 0) is 37.3 Å². The summed E-state index contributed by atoms with van der Waals surface area (Å²) in [6.45, 7) is 1.89. The van der Waals surface area contributed by atoms with Crippen molar-refractivity contribution in [3.05, 3.63) is 81.7 Å². The lowest BCUT2D eigenvalue weighted by Crippen LogP contribution is -2.10. The third kappa shape index (κ3) is 3.48. The minimum atomic E-state index is -0.438. The minimum absolute atomic E-state index is 0.202. The molecule has 0 aliphatic carbocycles. The number of rotatable bonds is 3. The molecule has 1 amide bonds. The van der Waals surface area contributed by atoms with Crippen molar-refractivity contribution in [2.24, 2.45) is 0 Å². The molecular weight excluding hydrogens is 316 g/mol. The molecule has 25 heavy (non-hydrogen) atoms. The molecule has 5 nitrogen and oxygen atoms in total. The molecule has 0 fully saturated rings. The van der Waals surface area contributed by atoms with E-state index >= 15 is 0 Å². The summed E-state index contributed by atoms with van der Waals surface area (Å²) in [7, 11) is 0. The fourth-order valence-electron chi connectivity index (χ4n) is 2.40. The molecule has 0 radical (unpaired) electrons. The molecule has 5 heteroatoms. The SMILES string of the molecule is Cc1ccc2occ(/C=C/C(=O)Nc3ccccc3C#N)c(=O)c2c1. The molecule has 1 aromatic heterocycles. The van der Waals surface area contributed by atoms with Gasteiger partial charge in [-0.3, -0.25) is 9.59 Å². The van der Waals surface area contributed by atoms with E-state index in [1.54, 1.807) is 36.4 Å². The summed E-state index contributed by atoms with van der Waals surface area (Å²) in [6.07, 6.45) is 3.97. The third-order valence-corrected chi connectivity index (χ3v) is 3.67. The molecule has 0 bridgehead atoms. The molecule has 0 atom stereocenters. The maximum atomic E-state index is 12.5. The number of hydrogen-bond donors (Lipinski definition) is 1. The van der Waals surface area contributed by atoms with E-state index in [9.17, 15) is 9.59 Å². The van der Waals surface area contributed by atoms with Gasteiger partial charge in [-0.15, -0.1) is 0 Å². The van der Waals surface area contributed by atoms with Gasteiger partial charge in [0.1, 0.15) is 17.9 Å². The van der Waals surface area contributed by atoms with Crippen molar-refractivity contribution in [3.63, 3.8) is 0 Å². The summed E-state index contributed by atoms with van der Waals surface area (Å²) in [4.78, 5) is 24.5. The molecule has 3 rings (SSSR count). The summed E-state index contributed by atoms with van der Waals surface area (Å²) < 4.78 is 5.44. The Morgan fingerprint density at radius 1 is 1.24 bits per heavy atom. The van der Waals surface area contributed by atoms with Gasteiger partial charge < -0.3 is 9.73 Å². The number of anilines is 1. The van der Waals surface area contributed by atoms with Crippen molar-refractivity contribution >= 4 is 28.6 Å². The van der Waals surface area contributed by atoms with Crippen molar-refractivity contribution in [2.75, 3.05) is 5.32 Å². The van der Waals surface area contributed by atoms with Gasteiger partial charge in [0.15, 0.2) is 5.43 Å². The molecule has 2 aromatic carbocycles. The summed E-state index contributed by atoms with van der Waals surface area (Å²) in [5.41, 5.74) is 2.31. The molecule has 122 valence electrons. The molecule has 1 heterocycles. The number of carbonyl (C=O) groups is 1. The van der Waals surface area contributed by atoms with Crippen molar-refractivity contribution in [1.29, 1.82) is 5.26 Å². The maximum Gasteiger partial charge on any atom is 0.248 e. The van der Waals surface area contributed by atoms with E-state index in [0.717, 1.165) is 5.56 Å². The number of benzene rings is 2. The van der Waals surface area contributed by atoms with Crippen LogP contribution in [0.5, 0.6) is 0 Å². The van der Waals surface area contributed by atoms with E-state index in [4.69, 9.17) is 9.68 Å². The van der Waals surface area contributed by atoms with Gasteiger partial charge in [-0.2, -0.15) is 5.26 Å². The van der Waals surface area contributed by atoms with Crippen molar-refractivity contribution in [2.45, 2.75) is 6.92 Å². The lowest BCUT2D eigenvalue weighted by Gasteiger charge is -2.03. The summed E-state index contributed by atoms with van der Waals surface area (Å²) in [5, 5.41) is 12.1. The van der Waals surface area contributed by atoms with Crippen molar-refractivity contribution in [3.8, 4) is 6.07 Å². The number of nitrogens with zero attached hydrogens (tertiary/aromatic N) is 1. The quantitative estimate of drug-likeness (QED) is 0.743. The Balaban J connectivity index is 1.86. The van der Waals surface area contributed by atoms with Gasteiger partial charge >= 0.3 is 0 Å². The second kappa shape index (κ2) is 6.85. The van der Waals surface area contributed by atoms with E-state index in [-0.39, 0.29) is 11.0 Å². The number of para-hydroxylation sites is 1. The van der Waals surface area contributed by atoms with Crippen LogP contribution in [0.4, 0.5) is 5.69 Å². The van der Waals surface area contributed by atoms with Crippen LogP contribution in [0.15, 0.2) is 64.0 Å². The van der Waals surface area contributed by atoms with Gasteiger partial charge in [0.05, 0.1) is 22.2 Å². The average molecular weight is 330 g/mol. The zero-order valence-corrected chi connectivity index (χ0v) is 13.4. The van der Waals surface area contributed by atoms with Crippen molar-refractivity contribution < 1.29 is 9.21 Å². The standard InChI is InChI=1S/C20H14N2O3/c1-13-6-8-18-16(10-13)20(24)15(12-25-18)7-9-19(23)22-17-5-3-2-4-14(17)11-21/h2-10,12H,1H3,(H,22,23)/b9-7+. The Bertz CT molecular complexity index is 1090. The first-order valence-corrected chi connectivity index (χ1v) is 7.59. The zero-order chi connectivity index (χ0) is 17.8. The molecule has 0 saturated heterocycles. The van der Waals surface area contributed by atoms with Crippen LogP contribution in [0, 0.1) is 18.3 Å². The number of aryl methyl sites for hydroxylation is 1. The van der Waals surface area contributed by atoms with Crippen LogP contribution in [-0.2, 0) is 4.79 Å². The van der Waals surface area contributed by atoms with Crippen molar-refractivity contribution in [1.82, 2.24) is 0 Å². The van der Waals surface area contributed by atoms with Crippen LogP contribution in [0.2, 0.25) is 0 Å². The fraction of sp³-hybridized carbons (Fsp3) is 0.0500. The minimum Gasteiger partial charge on any atom is -0.463 e. The highest BCUT2D eigenvalue weighted by atomic mass is 16.3. The largest absolute Gasteiger partial charge is 0.463 e. The van der Waals surface area contributed by atoms with Crippen LogP contribution in [0.25, 0.3) is 17.0 Å². The molecular formula is C20H14N2O3. The highest BCUT2D eigenvalue weighted by Gasteiger charge is 2.07. The zero-order valence-electron chi connectivity index (χ0n) is 13.4. The summed E-state index contributed by atoms with van der Waals surface area (Å²) >= 11 is 0. The van der Waals surface area contributed by atoms with Crippen LogP contribution < -0.4 is 10.7 Å². The number of carbonyl (C=O) groups excluding carboxylic acids is 1. The average Bonchev–Trinajstić information content (AvgIpc) is 2.62. The van der Waals surface area contributed by atoms with Gasteiger partial charge in [-0.25, -0.2) is 0 Å². The molecule has 0 unspecified atom stereocenters. The van der Waals surface area contributed by atoms with Crippen LogP contribution >= 0.6 is 0 Å². The first kappa shape index (κ1) is 16.2. The highest BCUT2D eigenvalue weighted by molar-refractivity contribution is 6.02. The topological polar surface area (TPSA) is 83.1 Å². The molecule has 0 aliphatic heterocycles. The number of amides is 1. The molecule has 0 aliphatic rings. The second-order valence-electron chi connectivity index (χ2n) is 5.50. The number of nitrogens with one attached hydrogen (secondary N) is 1. The smallest absolute Gasteiger partial charge is 0.248 e. The van der Waals surface area contributed by atoms with Gasteiger partial charge in [0.25, 0.3) is 0 Å². The second-order valence-corrected chi connectivity index (χ2v) is 5.50. The normalized spacial score (nSPS) is 10.7. The fourth-order valence-corrected chi connectivity index (χ4v) is 2.40. The Labute approximate surface area is 143 Å². The molecule has 1 N–H and O–H groups in total. The lowest BCUT2D eigenvalue weighted by atomic mass is 10.1. The van der Waals surface area contributed by atoms with E-state index in [1.807, 2.05) is 19.1 Å². The number of nitriles is 1. The van der Waals surface area contributed by atoms with Crippen LogP contribution in [0.3, 0.4) is 0 Å². The van der Waals surface area contributed by atoms with Crippen LogP contribution in [-0.4, -0.2) is 5.91 Å². The summed E-state index contributed by atoms with van der Waals surface area (Å²) in [6, 6.07) is 14.0. The van der Waals surface area contributed by atoms with Crippen LogP contribution in [0.1, 0.15) is 16.7 Å². The van der Waals surface area contributed by atoms with E-state index in [0.29, 0.717) is 22.2 Å². The molecule has 0 spiro atoms. The third-order valence-electron chi connectivity index (χ3n) is 3.67. The molecule has 3 aromatic rings. The van der Waals surface area contributed by atoms with E-state index in [1.165, 1.54) is 18.4 Å². The number of hydrogen-bond acceptors (Lipinski definition) is 4. The predicted molar refractivity (Wildman–Crippen MR) is 96.0 cm³/mol. The Kier molecular flexibility index (Phi) is 4.44. The first-order chi connectivity index (χ1) is 12.1. The van der Waals surface area contributed by atoms with Gasteiger partial charge in [0.2, 0.25) is 5.91 Å². The van der Waals surface area contributed by atoms with E-state index in [2.05, 4.69) is 5.32 Å². The van der Waals surface area contributed by atoms with Gasteiger partial charge in [-0.1, -0.05) is 23.8 Å². The Morgan fingerprint density at radius 3 is 2.84 bits per heavy atom. The molecule has 0 saturated carbocycles. The predicted octanol–water partition coefficient (Wildman–Crippen LogP) is 3.63. The number of fused-ring (bicyclic) bond motifs is 1. The first-order valence-electron chi connectivity index (χ1n) is 7.59. The Hall–Kier alpha value is -3.65.